The van der Waals surface area contributed by atoms with Crippen LogP contribution in [0.1, 0.15) is 42.7 Å². The zero-order valence-electron chi connectivity index (χ0n) is 14.4. The van der Waals surface area contributed by atoms with Crippen molar-refractivity contribution in [3.63, 3.8) is 0 Å². The molecule has 4 rings (SSSR count). The number of amides is 1. The predicted octanol–water partition coefficient (Wildman–Crippen LogP) is 2.11. The molecule has 1 saturated carbocycles. The maximum Gasteiger partial charge on any atom is 0.226 e. The Morgan fingerprint density at radius 1 is 1.25 bits per heavy atom. The Balaban J connectivity index is 1.44. The quantitative estimate of drug-likeness (QED) is 0.864. The van der Waals surface area contributed by atoms with Crippen molar-refractivity contribution in [1.29, 1.82) is 0 Å². The fourth-order valence-electron chi connectivity index (χ4n) is 3.94. The van der Waals surface area contributed by atoms with Crippen molar-refractivity contribution in [3.8, 4) is 0 Å². The number of hydrogen-bond donors (Lipinski definition) is 0. The summed E-state index contributed by atoms with van der Waals surface area (Å²) in [5.41, 5.74) is 2.37. The second-order valence-electron chi connectivity index (χ2n) is 7.32. The van der Waals surface area contributed by atoms with Gasteiger partial charge in [-0.2, -0.15) is 10.2 Å². The highest BCUT2D eigenvalue weighted by Gasteiger charge is 2.47. The first-order valence-electron chi connectivity index (χ1n) is 8.90. The number of carbonyl (C=O) groups is 1. The first-order valence-corrected chi connectivity index (χ1v) is 8.90. The molecule has 0 bridgehead atoms. The predicted molar refractivity (Wildman–Crippen MR) is 90.4 cm³/mol. The summed E-state index contributed by atoms with van der Waals surface area (Å²) in [4.78, 5) is 15.2. The van der Waals surface area contributed by atoms with Gasteiger partial charge in [-0.3, -0.25) is 14.2 Å². The van der Waals surface area contributed by atoms with E-state index in [-0.39, 0.29) is 12.0 Å². The van der Waals surface area contributed by atoms with Crippen molar-refractivity contribution >= 4 is 5.91 Å². The fraction of sp³-hybridized carbons (Fsp3) is 0.611. The lowest BCUT2D eigenvalue weighted by Crippen LogP contribution is -2.46. The van der Waals surface area contributed by atoms with E-state index in [0.717, 1.165) is 32.4 Å². The van der Waals surface area contributed by atoms with Gasteiger partial charge in [0.05, 0.1) is 25.0 Å². The van der Waals surface area contributed by atoms with Crippen LogP contribution in [0.4, 0.5) is 0 Å². The van der Waals surface area contributed by atoms with Gasteiger partial charge in [0.1, 0.15) is 0 Å². The molecule has 24 heavy (non-hydrogen) atoms. The smallest absolute Gasteiger partial charge is 0.226 e. The number of aromatic nitrogens is 4. The molecular formula is C18H25N5O. The lowest BCUT2D eigenvalue weighted by Gasteiger charge is -2.36. The third-order valence-corrected chi connectivity index (χ3v) is 5.33. The van der Waals surface area contributed by atoms with Crippen molar-refractivity contribution in [2.24, 2.45) is 13.0 Å². The SMILES string of the molecule is Cc1cnn(C[C@@H]2CCCCN2C(=O)[C@H]2C[C@@H]2c2cnn(C)c2)c1. The van der Waals surface area contributed by atoms with Gasteiger partial charge in [-0.15, -0.1) is 0 Å². The van der Waals surface area contributed by atoms with E-state index in [1.807, 2.05) is 35.0 Å². The highest BCUT2D eigenvalue weighted by atomic mass is 16.2. The summed E-state index contributed by atoms with van der Waals surface area (Å²) in [7, 11) is 1.93. The number of likely N-dealkylation sites (tertiary alicyclic amines) is 1. The Bertz CT molecular complexity index is 733. The zero-order valence-corrected chi connectivity index (χ0v) is 14.4. The Labute approximate surface area is 142 Å². The summed E-state index contributed by atoms with van der Waals surface area (Å²) in [5.74, 6) is 0.840. The molecular weight excluding hydrogens is 302 g/mol. The first-order chi connectivity index (χ1) is 11.6. The lowest BCUT2D eigenvalue weighted by molar-refractivity contribution is -0.136. The summed E-state index contributed by atoms with van der Waals surface area (Å²) in [5, 5.41) is 8.63. The van der Waals surface area contributed by atoms with E-state index in [1.165, 1.54) is 17.5 Å². The van der Waals surface area contributed by atoms with Crippen LogP contribution in [0, 0.1) is 12.8 Å². The Hall–Kier alpha value is -2.11. The van der Waals surface area contributed by atoms with E-state index in [0.29, 0.717) is 11.8 Å². The van der Waals surface area contributed by atoms with Gasteiger partial charge < -0.3 is 4.90 Å². The topological polar surface area (TPSA) is 56.0 Å². The molecule has 2 aromatic heterocycles. The van der Waals surface area contributed by atoms with Crippen LogP contribution in [0.15, 0.2) is 24.8 Å². The molecule has 2 fully saturated rings. The van der Waals surface area contributed by atoms with Crippen molar-refractivity contribution in [1.82, 2.24) is 24.5 Å². The standard InChI is InChI=1S/C18H25N5O/c1-13-8-20-22(10-13)12-15-5-3-4-6-23(15)18(24)17-7-16(17)14-9-19-21(2)11-14/h8-11,15-17H,3-7,12H2,1-2H3/t15-,16+,17-/m0/s1. The van der Waals surface area contributed by atoms with E-state index in [2.05, 4.69) is 28.2 Å². The van der Waals surface area contributed by atoms with Crippen LogP contribution in [-0.2, 0) is 18.4 Å². The Kier molecular flexibility index (Phi) is 3.90. The summed E-state index contributed by atoms with van der Waals surface area (Å²) < 4.78 is 3.80. The molecule has 0 radical (unpaired) electrons. The molecule has 2 aromatic rings. The third-order valence-electron chi connectivity index (χ3n) is 5.33. The van der Waals surface area contributed by atoms with Crippen LogP contribution in [0.25, 0.3) is 0 Å². The second kappa shape index (κ2) is 6.07. The number of aryl methyl sites for hydroxylation is 2. The summed E-state index contributed by atoms with van der Waals surface area (Å²) in [6.45, 7) is 3.75. The molecule has 6 heteroatoms. The number of nitrogens with zero attached hydrogens (tertiary/aromatic N) is 5. The van der Waals surface area contributed by atoms with Crippen molar-refractivity contribution in [2.45, 2.75) is 51.1 Å². The monoisotopic (exact) mass is 327 g/mol. The van der Waals surface area contributed by atoms with Gasteiger partial charge >= 0.3 is 0 Å². The molecule has 128 valence electrons. The Morgan fingerprint density at radius 2 is 2.12 bits per heavy atom. The molecule has 3 atom stereocenters. The van der Waals surface area contributed by atoms with Crippen LogP contribution in [0.2, 0.25) is 0 Å². The van der Waals surface area contributed by atoms with Gasteiger partial charge in [0.2, 0.25) is 5.91 Å². The summed E-state index contributed by atoms with van der Waals surface area (Å²) in [6, 6.07) is 0.278. The Morgan fingerprint density at radius 3 is 2.83 bits per heavy atom. The van der Waals surface area contributed by atoms with Crippen molar-refractivity contribution < 1.29 is 4.79 Å². The van der Waals surface area contributed by atoms with Crippen LogP contribution < -0.4 is 0 Å². The zero-order chi connectivity index (χ0) is 16.7. The van der Waals surface area contributed by atoms with Gasteiger partial charge in [0.15, 0.2) is 0 Å². The summed E-state index contributed by atoms with van der Waals surface area (Å²) >= 11 is 0. The number of hydrogen-bond acceptors (Lipinski definition) is 3. The number of carbonyl (C=O) groups excluding carboxylic acids is 1. The maximum absolute atomic E-state index is 13.0. The van der Waals surface area contributed by atoms with Crippen LogP contribution >= 0.6 is 0 Å². The van der Waals surface area contributed by atoms with Gasteiger partial charge in [0.25, 0.3) is 0 Å². The van der Waals surface area contributed by atoms with E-state index in [9.17, 15) is 4.79 Å². The van der Waals surface area contributed by atoms with Crippen LogP contribution in [0.5, 0.6) is 0 Å². The molecule has 0 spiro atoms. The van der Waals surface area contributed by atoms with Gasteiger partial charge in [-0.25, -0.2) is 0 Å². The van der Waals surface area contributed by atoms with Crippen molar-refractivity contribution in [3.05, 3.63) is 35.9 Å². The first kappa shape index (κ1) is 15.4. The van der Waals surface area contributed by atoms with Gasteiger partial charge in [0, 0.05) is 31.9 Å². The molecule has 6 nitrogen and oxygen atoms in total. The molecule has 1 aliphatic carbocycles. The van der Waals surface area contributed by atoms with Crippen molar-refractivity contribution in [2.75, 3.05) is 6.54 Å². The van der Waals surface area contributed by atoms with Gasteiger partial charge in [-0.1, -0.05) is 0 Å². The normalized spacial score (nSPS) is 26.6. The fourth-order valence-corrected chi connectivity index (χ4v) is 3.94. The number of rotatable bonds is 4. The summed E-state index contributed by atoms with van der Waals surface area (Å²) in [6.07, 6.45) is 12.2. The van der Waals surface area contributed by atoms with E-state index in [4.69, 9.17) is 0 Å². The largest absolute Gasteiger partial charge is 0.338 e. The van der Waals surface area contributed by atoms with Gasteiger partial charge in [-0.05, 0) is 49.7 Å². The molecule has 0 aromatic carbocycles. The molecule has 1 aliphatic heterocycles. The highest BCUT2D eigenvalue weighted by Crippen LogP contribution is 2.48. The minimum Gasteiger partial charge on any atom is -0.338 e. The highest BCUT2D eigenvalue weighted by molar-refractivity contribution is 5.83. The number of piperidine rings is 1. The van der Waals surface area contributed by atoms with E-state index in [1.54, 1.807) is 0 Å². The second-order valence-corrected chi connectivity index (χ2v) is 7.32. The minimum atomic E-state index is 0.147. The minimum absolute atomic E-state index is 0.147. The van der Waals surface area contributed by atoms with Crippen LogP contribution in [-0.4, -0.2) is 43.0 Å². The molecule has 1 amide bonds. The lowest BCUT2D eigenvalue weighted by atomic mass is 10.0. The molecule has 0 N–H and O–H groups in total. The average Bonchev–Trinajstić information content (AvgIpc) is 3.09. The molecule has 0 unspecified atom stereocenters. The molecule has 2 aliphatic rings. The molecule has 3 heterocycles. The van der Waals surface area contributed by atoms with Crippen LogP contribution in [0.3, 0.4) is 0 Å². The third kappa shape index (κ3) is 2.97. The molecule has 1 saturated heterocycles. The average molecular weight is 327 g/mol. The maximum atomic E-state index is 13.0. The van der Waals surface area contributed by atoms with E-state index < -0.39 is 0 Å². The van der Waals surface area contributed by atoms with E-state index >= 15 is 0 Å².